The molecule has 0 spiro atoms. The van der Waals surface area contributed by atoms with Gasteiger partial charge in [-0.1, -0.05) is 0 Å². The predicted octanol–water partition coefficient (Wildman–Crippen LogP) is -0.0112. The third-order valence-corrected chi connectivity index (χ3v) is 2.17. The molecule has 0 radical (unpaired) electrons. The minimum atomic E-state index is -1.11. The van der Waals surface area contributed by atoms with Gasteiger partial charge in [0, 0.05) is 13.0 Å². The van der Waals surface area contributed by atoms with Crippen molar-refractivity contribution in [2.75, 3.05) is 6.54 Å². The van der Waals surface area contributed by atoms with Crippen LogP contribution in [0.3, 0.4) is 0 Å². The number of nitrogens with one attached hydrogen (secondary N) is 2. The SMILES string of the molecule is C[C@@H](NC(=O)CCNC(=O)c1ccoc1)C(=O)O. The maximum Gasteiger partial charge on any atom is 0.325 e. The molecular weight excluding hydrogens is 240 g/mol. The summed E-state index contributed by atoms with van der Waals surface area (Å²) in [4.78, 5) is 33.2. The Morgan fingerprint density at radius 1 is 1.44 bits per heavy atom. The van der Waals surface area contributed by atoms with Gasteiger partial charge in [-0.15, -0.1) is 0 Å². The molecule has 0 fully saturated rings. The average molecular weight is 254 g/mol. The molecule has 1 aromatic heterocycles. The molecule has 1 rings (SSSR count). The van der Waals surface area contributed by atoms with Gasteiger partial charge < -0.3 is 20.2 Å². The highest BCUT2D eigenvalue weighted by Gasteiger charge is 2.14. The molecule has 0 saturated carbocycles. The molecule has 2 amide bonds. The fourth-order valence-electron chi connectivity index (χ4n) is 1.16. The number of carbonyl (C=O) groups is 3. The molecule has 0 unspecified atom stereocenters. The summed E-state index contributed by atoms with van der Waals surface area (Å²) in [7, 11) is 0. The van der Waals surface area contributed by atoms with Gasteiger partial charge in [-0.3, -0.25) is 14.4 Å². The molecule has 0 aliphatic heterocycles. The summed E-state index contributed by atoms with van der Waals surface area (Å²) in [6.45, 7) is 1.49. The highest BCUT2D eigenvalue weighted by Crippen LogP contribution is 1.98. The standard InChI is InChI=1S/C11H14N2O5/c1-7(11(16)17)13-9(14)2-4-12-10(15)8-3-5-18-6-8/h3,5-7H,2,4H2,1H3,(H,12,15)(H,13,14)(H,16,17)/t7-/m1/s1. The van der Waals surface area contributed by atoms with Crippen LogP contribution in [0.2, 0.25) is 0 Å². The van der Waals surface area contributed by atoms with Crippen molar-refractivity contribution in [3.8, 4) is 0 Å². The maximum absolute atomic E-state index is 11.4. The first-order valence-corrected chi connectivity index (χ1v) is 5.33. The lowest BCUT2D eigenvalue weighted by Gasteiger charge is -2.09. The van der Waals surface area contributed by atoms with Crippen molar-refractivity contribution in [1.82, 2.24) is 10.6 Å². The van der Waals surface area contributed by atoms with Crippen LogP contribution in [-0.4, -0.2) is 35.5 Å². The highest BCUT2D eigenvalue weighted by molar-refractivity contribution is 5.94. The lowest BCUT2D eigenvalue weighted by molar-refractivity contribution is -0.141. The minimum absolute atomic E-state index is 0.0151. The van der Waals surface area contributed by atoms with Gasteiger partial charge in [-0.2, -0.15) is 0 Å². The molecule has 3 N–H and O–H groups in total. The van der Waals surface area contributed by atoms with Crippen molar-refractivity contribution in [2.45, 2.75) is 19.4 Å². The number of carboxylic acids is 1. The van der Waals surface area contributed by atoms with Crippen molar-refractivity contribution >= 4 is 17.8 Å². The minimum Gasteiger partial charge on any atom is -0.480 e. The van der Waals surface area contributed by atoms with E-state index in [-0.39, 0.29) is 18.9 Å². The first-order valence-electron chi connectivity index (χ1n) is 5.33. The van der Waals surface area contributed by atoms with Gasteiger partial charge in [0.2, 0.25) is 5.91 Å². The van der Waals surface area contributed by atoms with Crippen molar-refractivity contribution in [3.05, 3.63) is 24.2 Å². The molecule has 0 saturated heterocycles. The number of aliphatic carboxylic acids is 1. The zero-order chi connectivity index (χ0) is 13.5. The summed E-state index contributed by atoms with van der Waals surface area (Å²) < 4.78 is 4.74. The third kappa shape index (κ3) is 4.28. The summed E-state index contributed by atoms with van der Waals surface area (Å²) in [6, 6.07) is 0.559. The van der Waals surface area contributed by atoms with Gasteiger partial charge in [0.15, 0.2) is 0 Å². The van der Waals surface area contributed by atoms with Crippen LogP contribution in [0.5, 0.6) is 0 Å². The van der Waals surface area contributed by atoms with E-state index < -0.39 is 17.9 Å². The zero-order valence-corrected chi connectivity index (χ0v) is 9.80. The Morgan fingerprint density at radius 3 is 2.72 bits per heavy atom. The van der Waals surface area contributed by atoms with Crippen molar-refractivity contribution in [2.24, 2.45) is 0 Å². The maximum atomic E-state index is 11.4. The average Bonchev–Trinajstić information content (AvgIpc) is 2.81. The van der Waals surface area contributed by atoms with Crippen LogP contribution in [0.1, 0.15) is 23.7 Å². The van der Waals surface area contributed by atoms with Crippen LogP contribution in [0.4, 0.5) is 0 Å². The Balaban J connectivity index is 2.24. The lowest BCUT2D eigenvalue weighted by Crippen LogP contribution is -2.39. The summed E-state index contributed by atoms with van der Waals surface area (Å²) >= 11 is 0. The molecule has 7 heteroatoms. The van der Waals surface area contributed by atoms with Crippen molar-refractivity contribution in [1.29, 1.82) is 0 Å². The van der Waals surface area contributed by atoms with Gasteiger partial charge >= 0.3 is 5.97 Å². The molecule has 0 bridgehead atoms. The Bertz CT molecular complexity index is 427. The summed E-state index contributed by atoms with van der Waals surface area (Å²) in [5, 5.41) is 13.4. The summed E-state index contributed by atoms with van der Waals surface area (Å²) in [5.74, 6) is -1.88. The largest absolute Gasteiger partial charge is 0.480 e. The van der Waals surface area contributed by atoms with Gasteiger partial charge in [0.1, 0.15) is 12.3 Å². The van der Waals surface area contributed by atoms with Gasteiger partial charge in [0.05, 0.1) is 11.8 Å². The van der Waals surface area contributed by atoms with Crippen molar-refractivity contribution < 1.29 is 23.9 Å². The summed E-state index contributed by atoms with van der Waals surface area (Å²) in [5.41, 5.74) is 0.370. The second kappa shape index (κ2) is 6.43. The van der Waals surface area contributed by atoms with Gasteiger partial charge in [-0.25, -0.2) is 0 Å². The van der Waals surface area contributed by atoms with Crippen LogP contribution in [0, 0.1) is 0 Å². The van der Waals surface area contributed by atoms with E-state index in [0.717, 1.165) is 0 Å². The molecule has 18 heavy (non-hydrogen) atoms. The van der Waals surface area contributed by atoms with Crippen LogP contribution >= 0.6 is 0 Å². The van der Waals surface area contributed by atoms with Crippen molar-refractivity contribution in [3.63, 3.8) is 0 Å². The van der Waals surface area contributed by atoms with E-state index in [1.165, 1.54) is 25.5 Å². The molecule has 7 nitrogen and oxygen atoms in total. The quantitative estimate of drug-likeness (QED) is 0.661. The number of hydrogen-bond donors (Lipinski definition) is 3. The number of carboxylic acid groups (broad SMARTS) is 1. The third-order valence-electron chi connectivity index (χ3n) is 2.17. The van der Waals surface area contributed by atoms with Gasteiger partial charge in [0.25, 0.3) is 5.91 Å². The molecule has 1 aromatic rings. The van der Waals surface area contributed by atoms with Crippen LogP contribution in [-0.2, 0) is 9.59 Å². The molecular formula is C11H14N2O5. The second-order valence-corrected chi connectivity index (χ2v) is 3.65. The Labute approximate surface area is 103 Å². The monoisotopic (exact) mass is 254 g/mol. The molecule has 1 heterocycles. The lowest BCUT2D eigenvalue weighted by atomic mass is 10.3. The van der Waals surface area contributed by atoms with E-state index in [0.29, 0.717) is 5.56 Å². The number of amides is 2. The molecule has 0 aromatic carbocycles. The fourth-order valence-corrected chi connectivity index (χ4v) is 1.16. The van der Waals surface area contributed by atoms with Crippen LogP contribution in [0.25, 0.3) is 0 Å². The fraction of sp³-hybridized carbons (Fsp3) is 0.364. The first kappa shape index (κ1) is 13.8. The van der Waals surface area contributed by atoms with E-state index in [1.807, 2.05) is 0 Å². The van der Waals surface area contributed by atoms with E-state index in [2.05, 4.69) is 10.6 Å². The van der Waals surface area contributed by atoms with Gasteiger partial charge in [-0.05, 0) is 13.0 Å². The van der Waals surface area contributed by atoms with Crippen LogP contribution < -0.4 is 10.6 Å². The molecule has 1 atom stereocenters. The molecule has 98 valence electrons. The molecule has 0 aliphatic rings. The highest BCUT2D eigenvalue weighted by atomic mass is 16.4. The van der Waals surface area contributed by atoms with E-state index in [4.69, 9.17) is 9.52 Å². The normalized spacial score (nSPS) is 11.6. The predicted molar refractivity (Wildman–Crippen MR) is 60.9 cm³/mol. The van der Waals surface area contributed by atoms with E-state index >= 15 is 0 Å². The van der Waals surface area contributed by atoms with E-state index in [1.54, 1.807) is 0 Å². The number of rotatable bonds is 6. The topological polar surface area (TPSA) is 109 Å². The Kier molecular flexibility index (Phi) is 4.91. The van der Waals surface area contributed by atoms with E-state index in [9.17, 15) is 14.4 Å². The number of hydrogen-bond acceptors (Lipinski definition) is 4. The van der Waals surface area contributed by atoms with Crippen LogP contribution in [0.15, 0.2) is 23.0 Å². The zero-order valence-electron chi connectivity index (χ0n) is 9.80. The Morgan fingerprint density at radius 2 is 2.17 bits per heavy atom. The first-order chi connectivity index (χ1) is 8.50. The summed E-state index contributed by atoms with van der Waals surface area (Å²) in [6.07, 6.45) is 2.68. The second-order valence-electron chi connectivity index (χ2n) is 3.65. The number of furan rings is 1. The number of carbonyl (C=O) groups excluding carboxylic acids is 2. The smallest absolute Gasteiger partial charge is 0.325 e. The Hall–Kier alpha value is -2.31. The molecule has 0 aliphatic carbocycles.